The van der Waals surface area contributed by atoms with Gasteiger partial charge >= 0.3 is 0 Å². The van der Waals surface area contributed by atoms with Gasteiger partial charge in [0.05, 0.1) is 5.69 Å². The molecule has 5 rings (SSSR count). The van der Waals surface area contributed by atoms with Gasteiger partial charge in [-0.25, -0.2) is 4.68 Å². The molecule has 176 valence electrons. The quantitative estimate of drug-likeness (QED) is 0.457. The summed E-state index contributed by atoms with van der Waals surface area (Å²) in [5, 5.41) is 17.1. The monoisotopic (exact) mass is 458 g/mol. The van der Waals surface area contributed by atoms with Crippen LogP contribution in [0.3, 0.4) is 0 Å². The van der Waals surface area contributed by atoms with Crippen LogP contribution in [0.25, 0.3) is 11.5 Å². The summed E-state index contributed by atoms with van der Waals surface area (Å²) in [5.74, 6) is 0.907. The molecule has 1 aliphatic rings. The molecule has 0 unspecified atom stereocenters. The maximum absolute atomic E-state index is 13.0. The van der Waals surface area contributed by atoms with Crippen molar-refractivity contribution in [2.75, 3.05) is 31.1 Å². The number of hydrogen-bond acceptors (Lipinski definition) is 6. The lowest BCUT2D eigenvalue weighted by Gasteiger charge is -2.37. The van der Waals surface area contributed by atoms with E-state index >= 15 is 0 Å². The fourth-order valence-corrected chi connectivity index (χ4v) is 4.74. The number of benzene rings is 1. The summed E-state index contributed by atoms with van der Waals surface area (Å²) >= 11 is 0. The Morgan fingerprint density at radius 3 is 2.56 bits per heavy atom. The first kappa shape index (κ1) is 22.1. The molecular formula is C25H30N8O. The molecule has 9 heteroatoms. The maximum Gasteiger partial charge on any atom is 0.223 e. The van der Waals surface area contributed by atoms with Crippen molar-refractivity contribution in [3.05, 3.63) is 64.7 Å². The Morgan fingerprint density at radius 1 is 0.971 bits per heavy atom. The van der Waals surface area contributed by atoms with Gasteiger partial charge in [0.15, 0.2) is 11.5 Å². The molecule has 34 heavy (non-hydrogen) atoms. The molecule has 4 heterocycles. The lowest BCUT2D eigenvalue weighted by molar-refractivity contribution is -0.131. The number of nitrogens with zero attached hydrogens (tertiary/aromatic N) is 8. The predicted molar refractivity (Wildman–Crippen MR) is 130 cm³/mol. The van der Waals surface area contributed by atoms with Gasteiger partial charge in [-0.2, -0.15) is 9.61 Å². The van der Waals surface area contributed by atoms with Crippen molar-refractivity contribution in [1.82, 2.24) is 34.5 Å². The second kappa shape index (κ2) is 8.89. The van der Waals surface area contributed by atoms with Crippen molar-refractivity contribution in [1.29, 1.82) is 0 Å². The van der Waals surface area contributed by atoms with Gasteiger partial charge in [-0.3, -0.25) is 4.79 Å². The van der Waals surface area contributed by atoms with Gasteiger partial charge in [-0.05, 0) is 69.0 Å². The van der Waals surface area contributed by atoms with E-state index in [-0.39, 0.29) is 5.91 Å². The van der Waals surface area contributed by atoms with Gasteiger partial charge in [0, 0.05) is 44.0 Å². The van der Waals surface area contributed by atoms with Crippen LogP contribution in [0.4, 0.5) is 5.69 Å². The molecule has 0 atom stereocenters. The minimum atomic E-state index is 0.205. The third kappa shape index (κ3) is 4.13. The number of piperazine rings is 1. The summed E-state index contributed by atoms with van der Waals surface area (Å²) in [4.78, 5) is 17.4. The first-order valence-electron chi connectivity index (χ1n) is 11.7. The van der Waals surface area contributed by atoms with Gasteiger partial charge in [-0.1, -0.05) is 12.1 Å². The molecule has 0 radical (unpaired) electrons. The van der Waals surface area contributed by atoms with Crippen molar-refractivity contribution in [2.45, 2.75) is 40.5 Å². The number of aromatic nitrogens is 6. The molecule has 0 aliphatic carbocycles. The first-order valence-corrected chi connectivity index (χ1v) is 11.7. The summed E-state index contributed by atoms with van der Waals surface area (Å²) in [5.41, 5.74) is 7.56. The standard InChI is InChI=1S/C25H30N8O/c1-17-5-6-18(2)22(15-17)30-11-13-31(14-12-30)25(34)10-7-21-19(3)28-33(20(21)4)24-9-8-23-27-26-16-32(23)29-24/h5-6,8-9,15-16H,7,10-14H2,1-4H3. The van der Waals surface area contributed by atoms with Gasteiger partial charge in [0.2, 0.25) is 5.91 Å². The second-order valence-electron chi connectivity index (χ2n) is 9.04. The van der Waals surface area contributed by atoms with E-state index in [1.165, 1.54) is 16.8 Å². The number of anilines is 1. The normalized spacial score (nSPS) is 14.2. The van der Waals surface area contributed by atoms with E-state index in [2.05, 4.69) is 57.3 Å². The summed E-state index contributed by atoms with van der Waals surface area (Å²) in [6.45, 7) is 11.5. The largest absolute Gasteiger partial charge is 0.368 e. The number of amides is 1. The van der Waals surface area contributed by atoms with Crippen molar-refractivity contribution in [3.8, 4) is 5.82 Å². The predicted octanol–water partition coefficient (Wildman–Crippen LogP) is 2.83. The van der Waals surface area contributed by atoms with E-state index in [4.69, 9.17) is 0 Å². The highest BCUT2D eigenvalue weighted by Gasteiger charge is 2.23. The molecule has 0 saturated carbocycles. The molecule has 1 aliphatic heterocycles. The third-order valence-corrected chi connectivity index (χ3v) is 6.73. The lowest BCUT2D eigenvalue weighted by Crippen LogP contribution is -2.49. The van der Waals surface area contributed by atoms with Crippen molar-refractivity contribution < 1.29 is 4.79 Å². The number of hydrogen-bond donors (Lipinski definition) is 0. The lowest BCUT2D eigenvalue weighted by atomic mass is 10.1. The fraction of sp³-hybridized carbons (Fsp3) is 0.400. The van der Waals surface area contributed by atoms with Crippen molar-refractivity contribution >= 4 is 17.2 Å². The maximum atomic E-state index is 13.0. The zero-order valence-corrected chi connectivity index (χ0v) is 20.2. The van der Waals surface area contributed by atoms with Gasteiger partial charge in [0.25, 0.3) is 0 Å². The Hall–Kier alpha value is -3.75. The Balaban J connectivity index is 1.22. The Labute approximate surface area is 199 Å². The van der Waals surface area contributed by atoms with Crippen LogP contribution in [0.15, 0.2) is 36.7 Å². The van der Waals surface area contributed by atoms with Crippen LogP contribution in [0.1, 0.15) is 34.5 Å². The first-order chi connectivity index (χ1) is 16.4. The average Bonchev–Trinajstić information content (AvgIpc) is 3.42. The zero-order valence-electron chi connectivity index (χ0n) is 20.2. The summed E-state index contributed by atoms with van der Waals surface area (Å²) in [6, 6.07) is 10.3. The van der Waals surface area contributed by atoms with Crippen LogP contribution in [0, 0.1) is 27.7 Å². The van der Waals surface area contributed by atoms with E-state index in [0.29, 0.717) is 24.3 Å². The number of rotatable bonds is 5. The zero-order chi connectivity index (χ0) is 23.8. The van der Waals surface area contributed by atoms with E-state index in [1.54, 1.807) is 10.8 Å². The molecule has 0 spiro atoms. The van der Waals surface area contributed by atoms with Crippen LogP contribution in [-0.4, -0.2) is 66.6 Å². The third-order valence-electron chi connectivity index (χ3n) is 6.73. The van der Waals surface area contributed by atoms with Crippen LogP contribution in [0.2, 0.25) is 0 Å². The summed E-state index contributed by atoms with van der Waals surface area (Å²) in [6.07, 6.45) is 2.72. The number of fused-ring (bicyclic) bond motifs is 1. The Kier molecular flexibility index (Phi) is 5.77. The van der Waals surface area contributed by atoms with Crippen LogP contribution < -0.4 is 4.90 Å². The van der Waals surface area contributed by atoms with Gasteiger partial charge < -0.3 is 9.80 Å². The molecule has 1 amide bonds. The van der Waals surface area contributed by atoms with Gasteiger partial charge in [-0.15, -0.1) is 15.3 Å². The number of carbonyl (C=O) groups excluding carboxylic acids is 1. The minimum absolute atomic E-state index is 0.205. The fourth-order valence-electron chi connectivity index (χ4n) is 4.74. The molecule has 9 nitrogen and oxygen atoms in total. The van der Waals surface area contributed by atoms with Crippen molar-refractivity contribution in [2.24, 2.45) is 0 Å². The molecular weight excluding hydrogens is 428 g/mol. The van der Waals surface area contributed by atoms with Crippen LogP contribution in [-0.2, 0) is 11.2 Å². The molecule has 4 aromatic rings. The Bertz CT molecular complexity index is 1350. The smallest absolute Gasteiger partial charge is 0.223 e. The van der Waals surface area contributed by atoms with Gasteiger partial charge in [0.1, 0.15) is 6.33 Å². The van der Waals surface area contributed by atoms with Crippen LogP contribution >= 0.6 is 0 Å². The highest BCUT2D eigenvalue weighted by molar-refractivity contribution is 5.77. The Morgan fingerprint density at radius 2 is 1.76 bits per heavy atom. The molecule has 1 aromatic carbocycles. The highest BCUT2D eigenvalue weighted by Crippen LogP contribution is 2.24. The minimum Gasteiger partial charge on any atom is -0.368 e. The molecule has 1 fully saturated rings. The molecule has 0 bridgehead atoms. The van der Waals surface area contributed by atoms with E-state index in [9.17, 15) is 4.79 Å². The highest BCUT2D eigenvalue weighted by atomic mass is 16.2. The second-order valence-corrected chi connectivity index (χ2v) is 9.04. The van der Waals surface area contributed by atoms with Crippen LogP contribution in [0.5, 0.6) is 0 Å². The molecule has 0 N–H and O–H groups in total. The molecule has 1 saturated heterocycles. The van der Waals surface area contributed by atoms with Crippen molar-refractivity contribution in [3.63, 3.8) is 0 Å². The van der Waals surface area contributed by atoms with E-state index in [0.717, 1.165) is 43.1 Å². The summed E-state index contributed by atoms with van der Waals surface area (Å²) in [7, 11) is 0. The SMILES string of the molecule is Cc1ccc(C)c(N2CCN(C(=O)CCc3c(C)nn(-c4ccc5nncn5n4)c3C)CC2)c1. The van der Waals surface area contributed by atoms with E-state index < -0.39 is 0 Å². The number of carbonyl (C=O) groups is 1. The molecule has 3 aromatic heterocycles. The number of aryl methyl sites for hydroxylation is 3. The van der Waals surface area contributed by atoms with E-state index in [1.807, 2.05) is 35.6 Å². The summed E-state index contributed by atoms with van der Waals surface area (Å²) < 4.78 is 3.46. The average molecular weight is 459 g/mol. The topological polar surface area (TPSA) is 84.5 Å².